The molecule has 0 aliphatic heterocycles. The molecule has 0 aromatic rings. The zero-order valence-electron chi connectivity index (χ0n) is 13.0. The largest absolute Gasteiger partial charge is 0.390 e. The lowest BCUT2D eigenvalue weighted by molar-refractivity contribution is 0.117. The topological polar surface area (TPSA) is 47.9 Å². The van der Waals surface area contributed by atoms with Gasteiger partial charge in [0.15, 0.2) is 0 Å². The van der Waals surface area contributed by atoms with Crippen LogP contribution in [-0.4, -0.2) is 55.2 Å². The molecule has 0 spiro atoms. The Hall–Kier alpha value is -0.870. The van der Waals surface area contributed by atoms with Crippen molar-refractivity contribution in [1.29, 1.82) is 0 Å². The smallest absolute Gasteiger partial charge is 0.0862 e. The summed E-state index contributed by atoms with van der Waals surface area (Å²) in [5.41, 5.74) is 0. The van der Waals surface area contributed by atoms with Gasteiger partial charge in [-0.3, -0.25) is 4.99 Å². The van der Waals surface area contributed by atoms with Crippen LogP contribution in [0.25, 0.3) is 0 Å². The number of nitrogens with zero attached hydrogens (tertiary/aromatic N) is 2. The fourth-order valence-corrected chi connectivity index (χ4v) is 1.86. The molecule has 0 saturated carbocycles. The first-order valence-corrected chi connectivity index (χ1v) is 7.42. The van der Waals surface area contributed by atoms with Gasteiger partial charge in [-0.1, -0.05) is 32.9 Å². The van der Waals surface area contributed by atoms with Crippen LogP contribution in [0.2, 0.25) is 0 Å². The van der Waals surface area contributed by atoms with Gasteiger partial charge in [0.25, 0.3) is 0 Å². The van der Waals surface area contributed by atoms with E-state index < -0.39 is 6.10 Å². The molecule has 0 radical (unpaired) electrons. The van der Waals surface area contributed by atoms with Crippen LogP contribution in [0.4, 0.5) is 0 Å². The van der Waals surface area contributed by atoms with E-state index in [1.54, 1.807) is 6.34 Å². The number of nitrogens with one attached hydrogen (secondary N) is 1. The van der Waals surface area contributed by atoms with Crippen LogP contribution >= 0.6 is 0 Å². The van der Waals surface area contributed by atoms with Crippen molar-refractivity contribution < 1.29 is 5.11 Å². The average molecular weight is 269 g/mol. The molecule has 112 valence electrons. The Bertz CT molecular complexity index is 254. The summed E-state index contributed by atoms with van der Waals surface area (Å²) in [7, 11) is 0. The second kappa shape index (κ2) is 12.2. The molecule has 0 aliphatic carbocycles. The Balaban J connectivity index is 3.99. The standard InChI is InChI=1S/C15H31N3O/c1-5-8-9-14(4)11-18(7-3)12-15(19)10-17-13-16-6-2/h8-9,13-15,19H,5-7,10-12H2,1-4H3,(H,16,17)/b9-8-. The molecular weight excluding hydrogens is 238 g/mol. The summed E-state index contributed by atoms with van der Waals surface area (Å²) in [6.45, 7) is 12.5. The lowest BCUT2D eigenvalue weighted by Crippen LogP contribution is -2.36. The molecule has 0 aromatic heterocycles. The Morgan fingerprint density at radius 3 is 2.58 bits per heavy atom. The van der Waals surface area contributed by atoms with Crippen LogP contribution in [0, 0.1) is 5.92 Å². The van der Waals surface area contributed by atoms with Crippen molar-refractivity contribution in [1.82, 2.24) is 10.2 Å². The minimum absolute atomic E-state index is 0.391. The molecule has 2 unspecified atom stereocenters. The van der Waals surface area contributed by atoms with Gasteiger partial charge in [-0.2, -0.15) is 0 Å². The van der Waals surface area contributed by atoms with E-state index >= 15 is 0 Å². The molecule has 4 heteroatoms. The van der Waals surface area contributed by atoms with Gasteiger partial charge < -0.3 is 15.3 Å². The Kier molecular flexibility index (Phi) is 11.6. The van der Waals surface area contributed by atoms with E-state index in [9.17, 15) is 5.11 Å². The van der Waals surface area contributed by atoms with Crippen molar-refractivity contribution in [2.45, 2.75) is 40.2 Å². The molecule has 2 N–H and O–H groups in total. The summed E-state index contributed by atoms with van der Waals surface area (Å²) in [6.07, 6.45) is 6.82. The number of hydrogen-bond acceptors (Lipinski definition) is 3. The highest BCUT2D eigenvalue weighted by Gasteiger charge is 2.11. The summed E-state index contributed by atoms with van der Waals surface area (Å²) in [5, 5.41) is 12.9. The van der Waals surface area contributed by atoms with E-state index in [-0.39, 0.29) is 0 Å². The quantitative estimate of drug-likeness (QED) is 0.342. The van der Waals surface area contributed by atoms with Gasteiger partial charge in [-0.15, -0.1) is 0 Å². The predicted molar refractivity (Wildman–Crippen MR) is 83.8 cm³/mol. The average Bonchev–Trinajstić information content (AvgIpc) is 2.40. The van der Waals surface area contributed by atoms with Gasteiger partial charge >= 0.3 is 0 Å². The van der Waals surface area contributed by atoms with Crippen LogP contribution in [0.15, 0.2) is 17.1 Å². The van der Waals surface area contributed by atoms with E-state index in [1.807, 2.05) is 6.92 Å². The van der Waals surface area contributed by atoms with E-state index in [0.29, 0.717) is 19.0 Å². The number of aliphatic hydroxyl groups excluding tert-OH is 1. The van der Waals surface area contributed by atoms with Gasteiger partial charge in [0, 0.05) is 19.6 Å². The van der Waals surface area contributed by atoms with Gasteiger partial charge in [0.05, 0.1) is 19.0 Å². The molecule has 0 aromatic carbocycles. The van der Waals surface area contributed by atoms with Crippen LogP contribution < -0.4 is 5.32 Å². The third kappa shape index (κ3) is 10.7. The van der Waals surface area contributed by atoms with E-state index in [4.69, 9.17) is 0 Å². The normalized spacial score (nSPS) is 15.5. The molecule has 0 fully saturated rings. The maximum absolute atomic E-state index is 9.94. The lowest BCUT2D eigenvalue weighted by atomic mass is 10.1. The van der Waals surface area contributed by atoms with Crippen molar-refractivity contribution in [3.63, 3.8) is 0 Å². The lowest BCUT2D eigenvalue weighted by Gasteiger charge is -2.25. The van der Waals surface area contributed by atoms with Gasteiger partial charge in [-0.25, -0.2) is 0 Å². The Labute approximate surface area is 118 Å². The van der Waals surface area contributed by atoms with Gasteiger partial charge in [-0.05, 0) is 25.8 Å². The van der Waals surface area contributed by atoms with Crippen molar-refractivity contribution in [3.8, 4) is 0 Å². The highest BCUT2D eigenvalue weighted by Crippen LogP contribution is 2.04. The van der Waals surface area contributed by atoms with Gasteiger partial charge in [0.1, 0.15) is 0 Å². The molecule has 0 aliphatic rings. The first-order valence-electron chi connectivity index (χ1n) is 7.42. The summed E-state index contributed by atoms with van der Waals surface area (Å²) in [6, 6.07) is 0. The van der Waals surface area contributed by atoms with Crippen molar-refractivity contribution in [3.05, 3.63) is 12.2 Å². The molecule has 0 heterocycles. The maximum atomic E-state index is 9.94. The van der Waals surface area contributed by atoms with Gasteiger partial charge in [0.2, 0.25) is 0 Å². The molecule has 0 saturated heterocycles. The molecule has 0 bridgehead atoms. The van der Waals surface area contributed by atoms with Crippen LogP contribution in [0.1, 0.15) is 34.1 Å². The van der Waals surface area contributed by atoms with Crippen molar-refractivity contribution in [2.24, 2.45) is 10.9 Å². The number of hydrogen-bond donors (Lipinski definition) is 2. The summed E-state index contributed by atoms with van der Waals surface area (Å²) in [5.74, 6) is 0.525. The molecule has 0 amide bonds. The molecule has 0 rings (SSSR count). The number of aliphatic hydroxyl groups is 1. The Morgan fingerprint density at radius 1 is 1.26 bits per heavy atom. The number of aliphatic imine (C=N–C) groups is 1. The highest BCUT2D eigenvalue weighted by molar-refractivity contribution is 5.53. The van der Waals surface area contributed by atoms with Crippen molar-refractivity contribution in [2.75, 3.05) is 32.7 Å². The molecule has 4 nitrogen and oxygen atoms in total. The van der Waals surface area contributed by atoms with Crippen LogP contribution in [0.3, 0.4) is 0 Å². The minimum atomic E-state index is -0.391. The predicted octanol–water partition coefficient (Wildman–Crippen LogP) is 1.91. The van der Waals surface area contributed by atoms with Crippen LogP contribution in [0.5, 0.6) is 0 Å². The monoisotopic (exact) mass is 269 g/mol. The zero-order chi connectivity index (χ0) is 14.5. The minimum Gasteiger partial charge on any atom is -0.390 e. The number of allylic oxidation sites excluding steroid dienone is 1. The third-order valence-electron chi connectivity index (χ3n) is 2.87. The Morgan fingerprint density at radius 2 is 2.00 bits per heavy atom. The first-order chi connectivity index (χ1) is 9.13. The fraction of sp³-hybridized carbons (Fsp3) is 0.800. The third-order valence-corrected chi connectivity index (χ3v) is 2.87. The second-order valence-electron chi connectivity index (χ2n) is 4.87. The SMILES string of the molecule is CC/C=C\C(C)CN(CC)CC(O)CN=CNCC. The highest BCUT2D eigenvalue weighted by atomic mass is 16.3. The van der Waals surface area contributed by atoms with E-state index in [2.05, 4.69) is 48.1 Å². The molecule has 19 heavy (non-hydrogen) atoms. The summed E-state index contributed by atoms with van der Waals surface area (Å²) in [4.78, 5) is 6.43. The maximum Gasteiger partial charge on any atom is 0.0862 e. The van der Waals surface area contributed by atoms with Crippen LogP contribution in [-0.2, 0) is 0 Å². The zero-order valence-corrected chi connectivity index (χ0v) is 13.0. The first kappa shape index (κ1) is 18.1. The van der Waals surface area contributed by atoms with E-state index in [1.165, 1.54) is 0 Å². The second-order valence-corrected chi connectivity index (χ2v) is 4.87. The fourth-order valence-electron chi connectivity index (χ4n) is 1.86. The summed E-state index contributed by atoms with van der Waals surface area (Å²) >= 11 is 0. The number of rotatable bonds is 11. The van der Waals surface area contributed by atoms with Crippen molar-refractivity contribution >= 4 is 6.34 Å². The molecular formula is C15H31N3O. The van der Waals surface area contributed by atoms with E-state index in [0.717, 1.165) is 26.1 Å². The molecule has 2 atom stereocenters. The summed E-state index contributed by atoms with van der Waals surface area (Å²) < 4.78 is 0. The number of likely N-dealkylation sites (N-methyl/N-ethyl adjacent to an activating group) is 1.